The van der Waals surface area contributed by atoms with E-state index in [0.717, 1.165) is 18.8 Å². The van der Waals surface area contributed by atoms with Crippen LogP contribution in [0.15, 0.2) is 0 Å². The smallest absolute Gasteiger partial charge is 0.0229 e. The Kier molecular flexibility index (Phi) is 3.64. The zero-order valence-corrected chi connectivity index (χ0v) is 9.66. The molecule has 2 N–H and O–H groups in total. The molecule has 0 unspecified atom stereocenters. The summed E-state index contributed by atoms with van der Waals surface area (Å²) in [6.07, 6.45) is 6.25. The third-order valence-corrected chi connectivity index (χ3v) is 3.91. The van der Waals surface area contributed by atoms with Crippen LogP contribution in [0.25, 0.3) is 0 Å². The third kappa shape index (κ3) is 2.85. The highest BCUT2D eigenvalue weighted by molar-refractivity contribution is 6.17. The fourth-order valence-corrected chi connectivity index (χ4v) is 2.61. The molecule has 1 rings (SSSR count). The molecule has 0 saturated heterocycles. The summed E-state index contributed by atoms with van der Waals surface area (Å²) >= 11 is 5.82. The predicted molar refractivity (Wildman–Crippen MR) is 59.1 cm³/mol. The molecule has 13 heavy (non-hydrogen) atoms. The first kappa shape index (κ1) is 11.3. The van der Waals surface area contributed by atoms with Gasteiger partial charge in [-0.05, 0) is 49.5 Å². The van der Waals surface area contributed by atoms with Crippen LogP contribution in [0.1, 0.15) is 46.0 Å². The van der Waals surface area contributed by atoms with Crippen molar-refractivity contribution >= 4 is 11.6 Å². The maximum atomic E-state index is 5.85. The van der Waals surface area contributed by atoms with E-state index >= 15 is 0 Å². The first-order chi connectivity index (χ1) is 6.04. The maximum Gasteiger partial charge on any atom is 0.0229 e. The third-order valence-electron chi connectivity index (χ3n) is 3.72. The molecule has 78 valence electrons. The summed E-state index contributed by atoms with van der Waals surface area (Å²) in [5.41, 5.74) is 6.76. The minimum Gasteiger partial charge on any atom is -0.330 e. The first-order valence-corrected chi connectivity index (χ1v) is 5.83. The van der Waals surface area contributed by atoms with E-state index in [-0.39, 0.29) is 0 Å². The molecule has 1 aliphatic rings. The van der Waals surface area contributed by atoms with Gasteiger partial charge in [0.2, 0.25) is 0 Å². The molecular formula is C11H22ClN. The largest absolute Gasteiger partial charge is 0.330 e. The molecule has 0 aromatic heterocycles. The Hall–Kier alpha value is 0.250. The number of hydrogen-bond acceptors (Lipinski definition) is 1. The average Bonchev–Trinajstić information content (AvgIpc) is 2.10. The fraction of sp³-hybridized carbons (Fsp3) is 1.00. The Morgan fingerprint density at radius 3 is 2.08 bits per heavy atom. The zero-order valence-electron chi connectivity index (χ0n) is 8.91. The summed E-state index contributed by atoms with van der Waals surface area (Å²) in [4.78, 5) is 0. The topological polar surface area (TPSA) is 26.0 Å². The van der Waals surface area contributed by atoms with Crippen LogP contribution >= 0.6 is 11.6 Å². The normalized spacial score (nSPS) is 25.8. The van der Waals surface area contributed by atoms with E-state index in [2.05, 4.69) is 13.8 Å². The minimum atomic E-state index is 0.372. The molecule has 0 atom stereocenters. The fourth-order valence-electron chi connectivity index (χ4n) is 2.21. The Labute approximate surface area is 87.0 Å². The number of nitrogens with two attached hydrogens (primary N) is 1. The van der Waals surface area contributed by atoms with Gasteiger partial charge in [0.15, 0.2) is 0 Å². The molecule has 0 heterocycles. The van der Waals surface area contributed by atoms with E-state index in [0.29, 0.717) is 10.8 Å². The van der Waals surface area contributed by atoms with Gasteiger partial charge in [-0.2, -0.15) is 0 Å². The Bertz CT molecular complexity index is 155. The molecular weight excluding hydrogens is 182 g/mol. The van der Waals surface area contributed by atoms with Gasteiger partial charge in [-0.1, -0.05) is 13.8 Å². The van der Waals surface area contributed by atoms with Crippen LogP contribution < -0.4 is 5.73 Å². The van der Waals surface area contributed by atoms with Gasteiger partial charge >= 0.3 is 0 Å². The molecule has 0 spiro atoms. The van der Waals surface area contributed by atoms with Crippen LogP contribution in [0.4, 0.5) is 0 Å². The molecule has 0 aromatic rings. The lowest BCUT2D eigenvalue weighted by molar-refractivity contribution is 0.105. The zero-order chi connectivity index (χ0) is 9.95. The molecule has 1 nitrogen and oxygen atoms in total. The molecule has 0 radical (unpaired) electrons. The van der Waals surface area contributed by atoms with Crippen molar-refractivity contribution in [3.63, 3.8) is 0 Å². The van der Waals surface area contributed by atoms with E-state index < -0.39 is 0 Å². The van der Waals surface area contributed by atoms with Crippen molar-refractivity contribution in [2.75, 3.05) is 12.4 Å². The highest BCUT2D eigenvalue weighted by Crippen LogP contribution is 2.46. The monoisotopic (exact) mass is 203 g/mol. The summed E-state index contributed by atoms with van der Waals surface area (Å²) in [5.74, 6) is 0.762. The van der Waals surface area contributed by atoms with Crippen LogP contribution in [0.5, 0.6) is 0 Å². The second-order valence-electron chi connectivity index (χ2n) is 5.31. The Morgan fingerprint density at radius 2 is 1.69 bits per heavy atom. The van der Waals surface area contributed by atoms with Crippen molar-refractivity contribution in [3.8, 4) is 0 Å². The summed E-state index contributed by atoms with van der Waals surface area (Å²) in [7, 11) is 0. The Morgan fingerprint density at radius 1 is 1.15 bits per heavy atom. The lowest BCUT2D eigenvalue weighted by atomic mass is 9.64. The van der Waals surface area contributed by atoms with Gasteiger partial charge in [0.25, 0.3) is 0 Å². The molecule has 1 saturated carbocycles. The molecule has 0 aromatic carbocycles. The molecule has 0 aliphatic heterocycles. The van der Waals surface area contributed by atoms with Crippen molar-refractivity contribution in [2.45, 2.75) is 46.0 Å². The van der Waals surface area contributed by atoms with Crippen molar-refractivity contribution in [1.29, 1.82) is 0 Å². The van der Waals surface area contributed by atoms with E-state index in [9.17, 15) is 0 Å². The summed E-state index contributed by atoms with van der Waals surface area (Å²) in [5, 5.41) is 0. The van der Waals surface area contributed by atoms with Gasteiger partial charge < -0.3 is 5.73 Å². The summed E-state index contributed by atoms with van der Waals surface area (Å²) in [6, 6.07) is 0. The second-order valence-corrected chi connectivity index (χ2v) is 5.69. The van der Waals surface area contributed by atoms with E-state index in [1.165, 1.54) is 25.7 Å². The van der Waals surface area contributed by atoms with Gasteiger partial charge in [0, 0.05) is 5.88 Å². The highest BCUT2D eigenvalue weighted by Gasteiger charge is 2.36. The quantitative estimate of drug-likeness (QED) is 0.701. The van der Waals surface area contributed by atoms with E-state index in [1.807, 2.05) is 0 Å². The van der Waals surface area contributed by atoms with Gasteiger partial charge in [-0.3, -0.25) is 0 Å². The van der Waals surface area contributed by atoms with Crippen LogP contribution in [0.3, 0.4) is 0 Å². The lowest BCUT2D eigenvalue weighted by Gasteiger charge is -2.43. The number of halogens is 1. The van der Waals surface area contributed by atoms with Crippen LogP contribution in [-0.4, -0.2) is 12.4 Å². The Balaban J connectivity index is 2.52. The minimum absolute atomic E-state index is 0.372. The van der Waals surface area contributed by atoms with E-state index in [1.54, 1.807) is 0 Å². The van der Waals surface area contributed by atoms with Crippen molar-refractivity contribution in [2.24, 2.45) is 16.6 Å². The van der Waals surface area contributed by atoms with Gasteiger partial charge in [0.1, 0.15) is 0 Å². The number of hydrogen-bond donors (Lipinski definition) is 1. The standard InChI is InChI=1S/C11H22ClN/c1-10(2)3-5-11(9-13,6-4-10)7-8-12/h3-9,13H2,1-2H3. The molecule has 0 amide bonds. The summed E-state index contributed by atoms with van der Waals surface area (Å²) < 4.78 is 0. The predicted octanol–water partition coefficient (Wildman–Crippen LogP) is 3.16. The SMILES string of the molecule is CC1(C)CCC(CN)(CCCl)CC1. The molecule has 1 fully saturated rings. The summed E-state index contributed by atoms with van der Waals surface area (Å²) in [6.45, 7) is 5.53. The maximum absolute atomic E-state index is 5.85. The highest BCUT2D eigenvalue weighted by atomic mass is 35.5. The van der Waals surface area contributed by atoms with E-state index in [4.69, 9.17) is 17.3 Å². The number of alkyl halides is 1. The molecule has 1 aliphatic carbocycles. The second kappa shape index (κ2) is 4.18. The average molecular weight is 204 g/mol. The van der Waals surface area contributed by atoms with Crippen molar-refractivity contribution in [3.05, 3.63) is 0 Å². The molecule has 0 bridgehead atoms. The van der Waals surface area contributed by atoms with Gasteiger partial charge in [0.05, 0.1) is 0 Å². The lowest BCUT2D eigenvalue weighted by Crippen LogP contribution is -2.37. The van der Waals surface area contributed by atoms with Crippen molar-refractivity contribution < 1.29 is 0 Å². The van der Waals surface area contributed by atoms with Gasteiger partial charge in [-0.15, -0.1) is 11.6 Å². The van der Waals surface area contributed by atoms with Crippen molar-refractivity contribution in [1.82, 2.24) is 0 Å². The van der Waals surface area contributed by atoms with Crippen LogP contribution in [0.2, 0.25) is 0 Å². The number of rotatable bonds is 3. The molecule has 2 heteroatoms. The first-order valence-electron chi connectivity index (χ1n) is 5.30. The van der Waals surface area contributed by atoms with Crippen LogP contribution in [-0.2, 0) is 0 Å². The van der Waals surface area contributed by atoms with Crippen LogP contribution in [0, 0.1) is 10.8 Å². The van der Waals surface area contributed by atoms with Gasteiger partial charge in [-0.25, -0.2) is 0 Å².